The van der Waals surface area contributed by atoms with Crippen molar-refractivity contribution in [2.45, 2.75) is 40.3 Å². The van der Waals surface area contributed by atoms with Gasteiger partial charge in [0.05, 0.1) is 65.8 Å². The Morgan fingerprint density at radius 3 is 1.22 bits per heavy atom. The molecule has 88 heavy (non-hydrogen) atoms. The maximum Gasteiger partial charge on any atom is 0.368 e. The molecule has 12 aromatic rings. The molecule has 4 N–H and O–H groups in total. The highest BCUT2D eigenvalue weighted by atomic mass is 16.5. The SMILES string of the molecule is [3H]n1ccc(OCc2c(C#C)cncc2-n2nnn(C)c2=O)n1.[3H]n1ccc(OCc2c(C)cncc2-n2nnn(C)c2=O)n1.[3H]n1ccc(OCc2c(C=C)cncc2-n2nnn(C)c2=O)n1.[3H]n1ccc(OCc2c(OCC)cncc2-n2nnn(C)c2=O)n1. The molecule has 12 aromatic heterocycles. The van der Waals surface area contributed by atoms with E-state index in [0.717, 1.165) is 64.3 Å². The zero-order valence-corrected chi connectivity index (χ0v) is 47.3. The Bertz CT molecular complexity index is 4820. The summed E-state index contributed by atoms with van der Waals surface area (Å²) in [6, 6.07) is 6.24. The van der Waals surface area contributed by atoms with Gasteiger partial charge in [-0.05, 0) is 61.1 Å². The first-order chi connectivity index (χ1) is 44.3. The minimum Gasteiger partial charge on any atom is -0.492 e. The highest BCUT2D eigenvalue weighted by molar-refractivity contribution is 5.57. The van der Waals surface area contributed by atoms with Crippen LogP contribution in [0.15, 0.2) is 124 Å². The average molecular weight is 1210 g/mol. The number of tetrazole rings is 4. The topological polar surface area (TPSA) is 423 Å². The summed E-state index contributed by atoms with van der Waals surface area (Å²) in [5.74, 6) is 4.13. The Kier molecular flexibility index (Phi) is 17.3. The van der Waals surface area contributed by atoms with Gasteiger partial charge in [-0.25, -0.2) is 19.2 Å². The van der Waals surface area contributed by atoms with E-state index in [-0.39, 0.29) is 43.9 Å². The number of ether oxygens (including phenoxy) is 5. The maximum absolute atomic E-state index is 12.1. The van der Waals surface area contributed by atoms with E-state index in [1.54, 1.807) is 36.7 Å². The lowest BCUT2D eigenvalue weighted by atomic mass is 10.1. The fourth-order valence-electron chi connectivity index (χ4n) is 7.59. The molecule has 0 aliphatic rings. The van der Waals surface area contributed by atoms with Gasteiger partial charge in [0.1, 0.15) is 37.9 Å². The Hall–Kier alpha value is -12.8. The van der Waals surface area contributed by atoms with Gasteiger partial charge in [-0.1, -0.05) is 18.6 Å². The molecule has 0 aliphatic heterocycles. The number of aryl methyl sites for hydroxylation is 5. The number of aromatic nitrogens is 28. The predicted molar refractivity (Wildman–Crippen MR) is 303 cm³/mol. The van der Waals surface area contributed by atoms with E-state index in [1.807, 2.05) is 13.8 Å². The van der Waals surface area contributed by atoms with Crippen LogP contribution in [0.4, 0.5) is 0 Å². The van der Waals surface area contributed by atoms with Gasteiger partial charge in [0, 0.05) is 118 Å². The van der Waals surface area contributed by atoms with Crippen LogP contribution in [0.25, 0.3) is 28.8 Å². The number of pyridine rings is 4. The molecule has 12 rings (SSSR count). The quantitative estimate of drug-likeness (QED) is 0.0773. The van der Waals surface area contributed by atoms with Crippen LogP contribution >= 0.6 is 0 Å². The van der Waals surface area contributed by atoms with E-state index < -0.39 is 17.1 Å². The van der Waals surface area contributed by atoms with E-state index in [1.165, 1.54) is 101 Å². The Morgan fingerprint density at radius 2 is 0.841 bits per heavy atom. The third-order valence-electron chi connectivity index (χ3n) is 12.0. The lowest BCUT2D eigenvalue weighted by molar-refractivity contribution is 0.276. The molecule has 0 amide bonds. The first-order valence-electron chi connectivity index (χ1n) is 27.4. The van der Waals surface area contributed by atoms with Gasteiger partial charge in [0.2, 0.25) is 23.5 Å². The molecule has 0 saturated heterocycles. The fourth-order valence-corrected chi connectivity index (χ4v) is 7.59. The van der Waals surface area contributed by atoms with Crippen molar-refractivity contribution < 1.29 is 29.3 Å². The molecular weight excluding hydrogens is 1150 g/mol. The van der Waals surface area contributed by atoms with E-state index in [2.05, 4.69) is 94.5 Å². The predicted octanol–water partition coefficient (Wildman–Crippen LogP) is -0.0162. The Labute approximate surface area is 499 Å². The monoisotopic (exact) mass is 1210 g/mol. The zero-order chi connectivity index (χ0) is 65.6. The second-order valence-corrected chi connectivity index (χ2v) is 17.6. The van der Waals surface area contributed by atoms with Crippen molar-refractivity contribution in [2.24, 2.45) is 28.2 Å². The number of H-pyrrole nitrogens is 4. The van der Waals surface area contributed by atoms with Crippen LogP contribution in [0.3, 0.4) is 0 Å². The summed E-state index contributed by atoms with van der Waals surface area (Å²) in [5.41, 5.74) is 4.67. The summed E-state index contributed by atoms with van der Waals surface area (Å²) < 4.78 is 66.0. The van der Waals surface area contributed by atoms with Crippen molar-refractivity contribution in [1.82, 2.24) is 140 Å². The summed E-state index contributed by atoms with van der Waals surface area (Å²) in [5, 5.41) is 48.8. The normalized spacial score (nSPS) is 11.2. The van der Waals surface area contributed by atoms with Crippen LogP contribution < -0.4 is 46.4 Å². The van der Waals surface area contributed by atoms with Gasteiger partial charge in [-0.3, -0.25) is 40.3 Å². The van der Waals surface area contributed by atoms with E-state index in [9.17, 15) is 19.2 Å². The Balaban J connectivity index is 0.000000145. The third kappa shape index (κ3) is 13.8. The molecule has 37 heteroatoms. The van der Waals surface area contributed by atoms with Gasteiger partial charge < -0.3 is 23.7 Å². The van der Waals surface area contributed by atoms with Crippen LogP contribution in [0.5, 0.6) is 29.3 Å². The van der Waals surface area contributed by atoms with Crippen LogP contribution in [0.1, 0.15) is 45.9 Å². The molecule has 0 fully saturated rings. The molecule has 450 valence electrons. The van der Waals surface area contributed by atoms with Gasteiger partial charge in [0.15, 0.2) is 5.65 Å². The molecule has 0 aromatic carbocycles. The molecule has 12 heterocycles. The molecule has 0 atom stereocenters. The first kappa shape index (κ1) is 54.5. The molecular formula is C51H52N28O9. The van der Waals surface area contributed by atoms with Crippen molar-refractivity contribution in [3.63, 3.8) is 0 Å². The summed E-state index contributed by atoms with van der Waals surface area (Å²) >= 11 is 0. The smallest absolute Gasteiger partial charge is 0.368 e. The van der Waals surface area contributed by atoms with Crippen molar-refractivity contribution in [2.75, 3.05) is 6.61 Å². The van der Waals surface area contributed by atoms with Gasteiger partial charge in [-0.15, -0.1) is 26.8 Å². The molecule has 37 nitrogen and oxygen atoms in total. The van der Waals surface area contributed by atoms with Crippen molar-refractivity contribution in [3.8, 4) is 64.4 Å². The standard InChI is InChI=1S/C13H15N7O3.C13H13N7O2.C13H11N7O2.C12H13N7O2/c1-3-22-11-7-14-6-10(20-13(21)19(2)17-18-20)9(11)8-23-12-4-5-15-16-12;2*1-3-9-6-14-7-11(20-13(21)19(2)17-18-20)10(9)8-22-12-4-5-15-16-12;1-8-5-13-6-10(19-12(20)18(2)16-17-19)9(8)7-21-11-3-4-14-15-11/h4-7H,3,8H2,1-2H3,(H,15,16);3-7H,1,8H2,2H3,(H,15,16);1,4-7H,8H2,2H3,(H,15,16);3-6H,7H2,1-2H3,(H,14,15)/i/hT4. The van der Waals surface area contributed by atoms with Crippen molar-refractivity contribution in [3.05, 3.63) is 186 Å². The largest absolute Gasteiger partial charge is 0.492 e. The van der Waals surface area contributed by atoms with Crippen LogP contribution in [0.2, 0.25) is 5.65 Å². The average Bonchev–Trinajstić information content (AvgIpc) is 1.67. The summed E-state index contributed by atoms with van der Waals surface area (Å²) in [7, 11) is 6.02. The fraction of sp³-hybridized carbons (Fsp3) is 0.216. The minimum absolute atomic E-state index is 0.0391. The lowest BCUT2D eigenvalue weighted by Crippen LogP contribution is -2.23. The minimum atomic E-state index is -0.433. The van der Waals surface area contributed by atoms with E-state index in [4.69, 9.17) is 35.8 Å². The number of nitrogens with zero attached hydrogens (tertiary/aromatic N) is 24. The maximum atomic E-state index is 12.1. The molecule has 0 radical (unpaired) electrons. The molecule has 0 bridgehead atoms. The molecule has 0 unspecified atom stereocenters. The third-order valence-corrected chi connectivity index (χ3v) is 12.0. The summed E-state index contributed by atoms with van der Waals surface area (Å²) in [6.07, 6.45) is 25.2. The Morgan fingerprint density at radius 1 is 0.489 bits per heavy atom. The second-order valence-electron chi connectivity index (χ2n) is 17.6. The number of aromatic amines is 4. The number of hydrogen-bond acceptors (Lipinski definition) is 25. The number of hydrogen-bond donors (Lipinski definition) is 4. The highest BCUT2D eigenvalue weighted by Gasteiger charge is 2.20. The molecule has 0 aliphatic carbocycles. The number of rotatable bonds is 19. The number of terminal acetylenes is 1. The lowest BCUT2D eigenvalue weighted by Gasteiger charge is -2.13. The van der Waals surface area contributed by atoms with Gasteiger partial charge in [0.25, 0.3) is 0 Å². The van der Waals surface area contributed by atoms with Crippen LogP contribution in [-0.4, -0.2) is 146 Å². The summed E-state index contributed by atoms with van der Waals surface area (Å²) in [4.78, 5) is 64.5. The molecule has 0 spiro atoms. The number of nitrogens with one attached hydrogen (secondary N) is 4. The van der Waals surface area contributed by atoms with Crippen LogP contribution in [0, 0.1) is 19.3 Å². The summed E-state index contributed by atoms with van der Waals surface area (Å²) in [6.45, 7) is 8.25. The van der Waals surface area contributed by atoms with Gasteiger partial charge >= 0.3 is 22.8 Å². The van der Waals surface area contributed by atoms with Crippen LogP contribution in [-0.2, 0) is 54.6 Å². The molecule has 0 saturated carbocycles. The van der Waals surface area contributed by atoms with Crippen molar-refractivity contribution in [1.29, 1.82) is 0 Å². The zero-order valence-electron chi connectivity index (χ0n) is 51.3. The highest BCUT2D eigenvalue weighted by Crippen LogP contribution is 2.26. The van der Waals surface area contributed by atoms with E-state index in [0.29, 0.717) is 74.7 Å². The van der Waals surface area contributed by atoms with Crippen molar-refractivity contribution >= 4 is 6.08 Å². The first-order valence-corrected chi connectivity index (χ1v) is 25.6. The second kappa shape index (κ2) is 28.0. The van der Waals surface area contributed by atoms with E-state index >= 15 is 0 Å². The van der Waals surface area contributed by atoms with Gasteiger partial charge in [-0.2, -0.15) is 37.5 Å².